The van der Waals surface area contributed by atoms with Crippen molar-refractivity contribution in [3.63, 3.8) is 0 Å². The second-order valence-corrected chi connectivity index (χ2v) is 6.74. The molecule has 1 fully saturated rings. The first-order valence-electron chi connectivity index (χ1n) is 7.10. The molecule has 0 amide bonds. The normalized spacial score (nSPS) is 19.9. The first-order valence-corrected chi connectivity index (χ1v) is 7.10. The van der Waals surface area contributed by atoms with Crippen molar-refractivity contribution in [2.75, 3.05) is 6.61 Å². The Morgan fingerprint density at radius 3 is 1.57 bits per heavy atom. The summed E-state index contributed by atoms with van der Waals surface area (Å²) in [6, 6.07) is 0. The second-order valence-electron chi connectivity index (χ2n) is 6.74. The Kier molecular flexibility index (Phi) is 5.29. The minimum Gasteiger partial charge on any atom is -0.357 e. The van der Waals surface area contributed by atoms with E-state index < -0.39 is 30.0 Å². The van der Waals surface area contributed by atoms with E-state index in [2.05, 4.69) is 4.74 Å². The van der Waals surface area contributed by atoms with E-state index in [1.165, 1.54) is 0 Å². The van der Waals surface area contributed by atoms with E-state index in [1.807, 2.05) is 0 Å². The number of halogens is 6. The van der Waals surface area contributed by atoms with Crippen molar-refractivity contribution in [3.05, 3.63) is 0 Å². The van der Waals surface area contributed by atoms with Crippen LogP contribution in [0.2, 0.25) is 0 Å². The van der Waals surface area contributed by atoms with Gasteiger partial charge in [-0.25, -0.2) is 0 Å². The topological polar surface area (TPSA) is 9.23 Å². The Morgan fingerprint density at radius 2 is 1.24 bits per heavy atom. The van der Waals surface area contributed by atoms with Crippen molar-refractivity contribution in [1.29, 1.82) is 0 Å². The van der Waals surface area contributed by atoms with E-state index >= 15 is 0 Å². The second kappa shape index (κ2) is 5.97. The first-order chi connectivity index (χ1) is 9.33. The van der Waals surface area contributed by atoms with Gasteiger partial charge in [0.05, 0.1) is 6.61 Å². The maximum atomic E-state index is 13.3. The fourth-order valence-electron chi connectivity index (χ4n) is 2.99. The lowest BCUT2D eigenvalue weighted by atomic mass is 9.74. The molecule has 1 aliphatic rings. The predicted molar refractivity (Wildman–Crippen MR) is 66.8 cm³/mol. The smallest absolute Gasteiger partial charge is 0.357 e. The Bertz CT molecular complexity index is 297. The fraction of sp³-hybridized carbons (Fsp3) is 1.00. The third-order valence-corrected chi connectivity index (χ3v) is 4.11. The van der Waals surface area contributed by atoms with Crippen LogP contribution in [0.1, 0.15) is 52.9 Å². The summed E-state index contributed by atoms with van der Waals surface area (Å²) in [5.74, 6) is -0.231. The van der Waals surface area contributed by atoms with E-state index in [0.29, 0.717) is 12.8 Å². The van der Waals surface area contributed by atoms with Gasteiger partial charge in [-0.2, -0.15) is 26.3 Å². The van der Waals surface area contributed by atoms with Gasteiger partial charge in [0.15, 0.2) is 0 Å². The zero-order valence-corrected chi connectivity index (χ0v) is 12.5. The van der Waals surface area contributed by atoms with Crippen molar-refractivity contribution in [3.8, 4) is 0 Å². The maximum absolute atomic E-state index is 13.3. The van der Waals surface area contributed by atoms with Crippen LogP contribution in [-0.2, 0) is 4.74 Å². The SMILES string of the molecule is CC(C)(C)C(OCC1CCCCC1)(C(F)(F)F)C(F)(F)F. The van der Waals surface area contributed by atoms with Gasteiger partial charge < -0.3 is 4.74 Å². The van der Waals surface area contributed by atoms with E-state index in [1.54, 1.807) is 0 Å². The average Bonchev–Trinajstić information content (AvgIpc) is 2.25. The minimum absolute atomic E-state index is 0.231. The molecule has 126 valence electrons. The van der Waals surface area contributed by atoms with Crippen LogP contribution in [0, 0.1) is 11.3 Å². The molecule has 0 spiro atoms. The molecule has 0 N–H and O–H groups in total. The van der Waals surface area contributed by atoms with Crippen molar-refractivity contribution in [2.45, 2.75) is 70.8 Å². The van der Waals surface area contributed by atoms with Gasteiger partial charge in [0, 0.05) is 5.41 Å². The summed E-state index contributed by atoms with van der Waals surface area (Å²) < 4.78 is 84.3. The van der Waals surface area contributed by atoms with Crippen LogP contribution >= 0.6 is 0 Å². The quantitative estimate of drug-likeness (QED) is 0.625. The van der Waals surface area contributed by atoms with Gasteiger partial charge in [-0.15, -0.1) is 0 Å². The summed E-state index contributed by atoms with van der Waals surface area (Å²) in [6.07, 6.45) is -7.16. The molecule has 0 radical (unpaired) electrons. The van der Waals surface area contributed by atoms with Gasteiger partial charge in [0.2, 0.25) is 0 Å². The average molecular weight is 320 g/mol. The Morgan fingerprint density at radius 1 is 0.810 bits per heavy atom. The summed E-state index contributed by atoms with van der Waals surface area (Å²) in [5.41, 5.74) is -6.28. The molecule has 0 heterocycles. The third kappa shape index (κ3) is 3.66. The van der Waals surface area contributed by atoms with E-state index in [-0.39, 0.29) is 5.92 Å². The molecule has 0 aliphatic heterocycles. The zero-order valence-electron chi connectivity index (χ0n) is 12.5. The molecule has 0 unspecified atom stereocenters. The van der Waals surface area contributed by atoms with Crippen LogP contribution < -0.4 is 0 Å². The number of alkyl halides is 6. The number of hydrogen-bond acceptors (Lipinski definition) is 1. The van der Waals surface area contributed by atoms with Gasteiger partial charge in [-0.1, -0.05) is 40.0 Å². The van der Waals surface area contributed by atoms with Crippen LogP contribution in [0.15, 0.2) is 0 Å². The highest BCUT2D eigenvalue weighted by molar-refractivity contribution is 5.04. The maximum Gasteiger partial charge on any atom is 0.427 e. The van der Waals surface area contributed by atoms with Gasteiger partial charge >= 0.3 is 12.4 Å². The molecule has 0 atom stereocenters. The molecule has 0 bridgehead atoms. The minimum atomic E-state index is -5.52. The summed E-state index contributed by atoms with van der Waals surface area (Å²) in [7, 11) is 0. The first kappa shape index (κ1) is 18.6. The molecular formula is C14H22F6O. The Hall–Kier alpha value is -0.460. The summed E-state index contributed by atoms with van der Waals surface area (Å²) in [4.78, 5) is 0. The fourth-order valence-corrected chi connectivity index (χ4v) is 2.99. The molecule has 0 saturated heterocycles. The van der Waals surface area contributed by atoms with E-state index in [0.717, 1.165) is 40.0 Å². The van der Waals surface area contributed by atoms with Crippen LogP contribution in [0.4, 0.5) is 26.3 Å². The highest BCUT2D eigenvalue weighted by Gasteiger charge is 2.77. The molecule has 1 aliphatic carbocycles. The summed E-state index contributed by atoms with van der Waals surface area (Å²) in [6.45, 7) is 2.23. The molecule has 1 nitrogen and oxygen atoms in total. The molecule has 0 aromatic rings. The Balaban J connectivity index is 3.06. The van der Waals surface area contributed by atoms with Gasteiger partial charge in [0.1, 0.15) is 0 Å². The summed E-state index contributed by atoms with van der Waals surface area (Å²) in [5, 5.41) is 0. The number of ether oxygens (including phenoxy) is 1. The van der Waals surface area contributed by atoms with Crippen molar-refractivity contribution in [1.82, 2.24) is 0 Å². The lowest BCUT2D eigenvalue weighted by Crippen LogP contribution is -2.66. The van der Waals surface area contributed by atoms with E-state index in [9.17, 15) is 26.3 Å². The van der Waals surface area contributed by atoms with Crippen LogP contribution in [0.5, 0.6) is 0 Å². The summed E-state index contributed by atoms with van der Waals surface area (Å²) >= 11 is 0. The lowest BCUT2D eigenvalue weighted by molar-refractivity contribution is -0.411. The molecule has 1 rings (SSSR count). The van der Waals surface area contributed by atoms with Crippen LogP contribution in [0.25, 0.3) is 0 Å². The lowest BCUT2D eigenvalue weighted by Gasteiger charge is -2.46. The van der Waals surface area contributed by atoms with Crippen molar-refractivity contribution in [2.24, 2.45) is 11.3 Å². The highest BCUT2D eigenvalue weighted by Crippen LogP contribution is 2.55. The van der Waals surface area contributed by atoms with Gasteiger partial charge in [0.25, 0.3) is 5.60 Å². The molecule has 1 saturated carbocycles. The van der Waals surface area contributed by atoms with Crippen molar-refractivity contribution < 1.29 is 31.1 Å². The van der Waals surface area contributed by atoms with Crippen LogP contribution in [-0.4, -0.2) is 24.6 Å². The predicted octanol–water partition coefficient (Wildman–Crippen LogP) is 5.49. The standard InChI is InChI=1S/C14H22F6O/c1-11(2,3)12(13(15,16)17,14(18,19)20)21-9-10-7-5-4-6-8-10/h10H,4-9H2,1-3H3. The van der Waals surface area contributed by atoms with Gasteiger partial charge in [-0.05, 0) is 18.8 Å². The molecule has 21 heavy (non-hydrogen) atoms. The Labute approximate surface area is 121 Å². The molecule has 7 heteroatoms. The van der Waals surface area contributed by atoms with Crippen LogP contribution in [0.3, 0.4) is 0 Å². The zero-order chi connectivity index (χ0) is 16.5. The van der Waals surface area contributed by atoms with Gasteiger partial charge in [-0.3, -0.25) is 0 Å². The largest absolute Gasteiger partial charge is 0.427 e. The molecule has 0 aromatic heterocycles. The van der Waals surface area contributed by atoms with Crippen molar-refractivity contribution >= 4 is 0 Å². The number of rotatable bonds is 3. The molecular weight excluding hydrogens is 298 g/mol. The molecule has 0 aromatic carbocycles. The number of hydrogen-bond donors (Lipinski definition) is 0. The monoisotopic (exact) mass is 320 g/mol. The highest BCUT2D eigenvalue weighted by atomic mass is 19.4. The van der Waals surface area contributed by atoms with E-state index in [4.69, 9.17) is 0 Å². The third-order valence-electron chi connectivity index (χ3n) is 4.11.